The van der Waals surface area contributed by atoms with E-state index in [0.29, 0.717) is 5.92 Å². The van der Waals surface area contributed by atoms with E-state index in [2.05, 4.69) is 4.98 Å². The zero-order valence-corrected chi connectivity index (χ0v) is 10.8. The van der Waals surface area contributed by atoms with Gasteiger partial charge in [-0.1, -0.05) is 31.7 Å². The predicted octanol–water partition coefficient (Wildman–Crippen LogP) is 2.76. The summed E-state index contributed by atoms with van der Waals surface area (Å²) in [6, 6.07) is 3.95. The van der Waals surface area contributed by atoms with Gasteiger partial charge in [0, 0.05) is 20.3 Å². The van der Waals surface area contributed by atoms with Gasteiger partial charge in [0.15, 0.2) is 0 Å². The van der Waals surface area contributed by atoms with Crippen molar-refractivity contribution in [3.8, 4) is 0 Å². The lowest BCUT2D eigenvalue weighted by Crippen LogP contribution is -2.11. The third-order valence-electron chi connectivity index (χ3n) is 3.65. The highest BCUT2D eigenvalue weighted by molar-refractivity contribution is 5.37. The van der Waals surface area contributed by atoms with E-state index in [9.17, 15) is 5.11 Å². The number of aliphatic hydroxyl groups excluding tert-OH is 1. The van der Waals surface area contributed by atoms with Gasteiger partial charge in [0.25, 0.3) is 0 Å². The van der Waals surface area contributed by atoms with Crippen LogP contribution in [0.4, 0.5) is 5.82 Å². The van der Waals surface area contributed by atoms with Gasteiger partial charge in [-0.25, -0.2) is 4.98 Å². The second kappa shape index (κ2) is 5.50. The van der Waals surface area contributed by atoms with Crippen LogP contribution in [0, 0.1) is 5.92 Å². The molecular weight excluding hydrogens is 212 g/mol. The minimum atomic E-state index is -0.346. The zero-order chi connectivity index (χ0) is 12.3. The first-order valence-corrected chi connectivity index (χ1v) is 6.48. The summed E-state index contributed by atoms with van der Waals surface area (Å²) in [5, 5.41) is 10.2. The smallest absolute Gasteiger partial charge is 0.127 e. The largest absolute Gasteiger partial charge is 0.388 e. The highest BCUT2D eigenvalue weighted by atomic mass is 16.3. The molecule has 94 valence electrons. The molecular formula is C14H22N2O. The quantitative estimate of drug-likeness (QED) is 0.870. The van der Waals surface area contributed by atoms with Gasteiger partial charge in [0.2, 0.25) is 0 Å². The number of pyridine rings is 1. The van der Waals surface area contributed by atoms with Crippen molar-refractivity contribution in [2.45, 2.75) is 38.2 Å². The second-order valence-electron chi connectivity index (χ2n) is 5.25. The molecule has 1 fully saturated rings. The van der Waals surface area contributed by atoms with Gasteiger partial charge < -0.3 is 10.0 Å². The van der Waals surface area contributed by atoms with Crippen LogP contribution in [0.3, 0.4) is 0 Å². The molecule has 1 aromatic heterocycles. The highest BCUT2D eigenvalue weighted by Gasteiger charge is 2.19. The number of rotatable bonds is 4. The Labute approximate surface area is 103 Å². The van der Waals surface area contributed by atoms with Crippen molar-refractivity contribution in [1.29, 1.82) is 0 Å². The number of hydrogen-bond acceptors (Lipinski definition) is 3. The van der Waals surface area contributed by atoms with Gasteiger partial charge in [-0.2, -0.15) is 0 Å². The number of nitrogens with zero attached hydrogens (tertiary/aromatic N) is 2. The summed E-state index contributed by atoms with van der Waals surface area (Å²) < 4.78 is 0. The van der Waals surface area contributed by atoms with Crippen LogP contribution in [-0.4, -0.2) is 24.2 Å². The lowest BCUT2D eigenvalue weighted by atomic mass is 9.96. The van der Waals surface area contributed by atoms with E-state index in [1.54, 1.807) is 6.20 Å². The first kappa shape index (κ1) is 12.4. The van der Waals surface area contributed by atoms with Crippen LogP contribution in [0.25, 0.3) is 0 Å². The predicted molar refractivity (Wildman–Crippen MR) is 70.1 cm³/mol. The topological polar surface area (TPSA) is 36.4 Å². The molecule has 1 atom stereocenters. The van der Waals surface area contributed by atoms with E-state index in [1.165, 1.54) is 25.7 Å². The molecule has 17 heavy (non-hydrogen) atoms. The summed E-state index contributed by atoms with van der Waals surface area (Å²) >= 11 is 0. The van der Waals surface area contributed by atoms with Crippen molar-refractivity contribution in [2.75, 3.05) is 19.0 Å². The van der Waals surface area contributed by atoms with Gasteiger partial charge in [-0.3, -0.25) is 0 Å². The molecule has 1 aliphatic rings. The number of aliphatic hydroxyl groups is 1. The Morgan fingerprint density at radius 1 is 1.35 bits per heavy atom. The van der Waals surface area contributed by atoms with Crippen LogP contribution in [0.1, 0.15) is 43.8 Å². The second-order valence-corrected chi connectivity index (χ2v) is 5.25. The monoisotopic (exact) mass is 234 g/mol. The average Bonchev–Trinajstić information content (AvgIpc) is 2.82. The lowest BCUT2D eigenvalue weighted by molar-refractivity contribution is 0.144. The van der Waals surface area contributed by atoms with Crippen molar-refractivity contribution in [3.63, 3.8) is 0 Å². The molecule has 2 rings (SSSR count). The van der Waals surface area contributed by atoms with Crippen molar-refractivity contribution in [3.05, 3.63) is 23.9 Å². The SMILES string of the molecule is CN(C)c1ccc(C(O)CC2CCCC2)cn1. The molecule has 1 heterocycles. The van der Waals surface area contributed by atoms with Crippen LogP contribution in [0.2, 0.25) is 0 Å². The fourth-order valence-corrected chi connectivity index (χ4v) is 2.56. The number of anilines is 1. The summed E-state index contributed by atoms with van der Waals surface area (Å²) in [5.41, 5.74) is 0.947. The van der Waals surface area contributed by atoms with Crippen molar-refractivity contribution in [2.24, 2.45) is 5.92 Å². The van der Waals surface area contributed by atoms with Gasteiger partial charge in [-0.15, -0.1) is 0 Å². The maximum absolute atomic E-state index is 10.2. The van der Waals surface area contributed by atoms with Gasteiger partial charge >= 0.3 is 0 Å². The van der Waals surface area contributed by atoms with E-state index in [-0.39, 0.29) is 6.10 Å². The van der Waals surface area contributed by atoms with Gasteiger partial charge in [-0.05, 0) is 24.0 Å². The molecule has 1 N–H and O–H groups in total. The van der Waals surface area contributed by atoms with Crippen LogP contribution in [0.15, 0.2) is 18.3 Å². The summed E-state index contributed by atoms with van der Waals surface area (Å²) in [6.45, 7) is 0. The Morgan fingerprint density at radius 3 is 2.59 bits per heavy atom. The molecule has 1 aromatic rings. The molecule has 1 saturated carbocycles. The standard InChI is InChI=1S/C14H22N2O/c1-16(2)14-8-7-12(10-15-14)13(17)9-11-5-3-4-6-11/h7-8,10-11,13,17H,3-6,9H2,1-2H3. The molecule has 3 nitrogen and oxygen atoms in total. The molecule has 0 aromatic carbocycles. The van der Waals surface area contributed by atoms with E-state index in [0.717, 1.165) is 17.8 Å². The zero-order valence-electron chi connectivity index (χ0n) is 10.8. The number of hydrogen-bond donors (Lipinski definition) is 1. The molecule has 0 amide bonds. The Kier molecular flexibility index (Phi) is 4.00. The maximum atomic E-state index is 10.2. The van der Waals surface area contributed by atoms with Crippen LogP contribution >= 0.6 is 0 Å². The first-order chi connectivity index (χ1) is 8.16. The van der Waals surface area contributed by atoms with Crippen LogP contribution < -0.4 is 4.90 Å². The van der Waals surface area contributed by atoms with E-state index < -0.39 is 0 Å². The Hall–Kier alpha value is -1.09. The van der Waals surface area contributed by atoms with Crippen molar-refractivity contribution < 1.29 is 5.11 Å². The van der Waals surface area contributed by atoms with Crippen molar-refractivity contribution >= 4 is 5.82 Å². The van der Waals surface area contributed by atoms with Crippen LogP contribution in [-0.2, 0) is 0 Å². The summed E-state index contributed by atoms with van der Waals surface area (Å²) in [7, 11) is 3.94. The van der Waals surface area contributed by atoms with E-state index in [4.69, 9.17) is 0 Å². The average molecular weight is 234 g/mol. The molecule has 0 saturated heterocycles. The van der Waals surface area contributed by atoms with Crippen molar-refractivity contribution in [1.82, 2.24) is 4.98 Å². The van der Waals surface area contributed by atoms with Gasteiger partial charge in [0.1, 0.15) is 5.82 Å². The summed E-state index contributed by atoms with van der Waals surface area (Å²) in [5.74, 6) is 1.64. The van der Waals surface area contributed by atoms with E-state index >= 15 is 0 Å². The maximum Gasteiger partial charge on any atom is 0.127 e. The Bertz CT molecular complexity index is 342. The third kappa shape index (κ3) is 3.19. The lowest BCUT2D eigenvalue weighted by Gasteiger charge is -2.17. The Balaban J connectivity index is 1.96. The van der Waals surface area contributed by atoms with E-state index in [1.807, 2.05) is 31.1 Å². The first-order valence-electron chi connectivity index (χ1n) is 6.48. The number of aromatic nitrogens is 1. The molecule has 1 unspecified atom stereocenters. The summed E-state index contributed by atoms with van der Waals surface area (Å²) in [6.07, 6.45) is 7.56. The highest BCUT2D eigenvalue weighted by Crippen LogP contribution is 2.32. The van der Waals surface area contributed by atoms with Crippen LogP contribution in [0.5, 0.6) is 0 Å². The molecule has 0 bridgehead atoms. The summed E-state index contributed by atoms with van der Waals surface area (Å²) in [4.78, 5) is 6.31. The molecule has 1 aliphatic carbocycles. The minimum absolute atomic E-state index is 0.346. The molecule has 3 heteroatoms. The normalized spacial score (nSPS) is 18.3. The molecule has 0 spiro atoms. The molecule has 0 radical (unpaired) electrons. The minimum Gasteiger partial charge on any atom is -0.388 e. The van der Waals surface area contributed by atoms with Gasteiger partial charge in [0.05, 0.1) is 6.10 Å². The Morgan fingerprint density at radius 2 is 2.06 bits per heavy atom. The fourth-order valence-electron chi connectivity index (χ4n) is 2.56. The fraction of sp³-hybridized carbons (Fsp3) is 0.643. The third-order valence-corrected chi connectivity index (χ3v) is 3.65. The molecule has 0 aliphatic heterocycles.